The van der Waals surface area contributed by atoms with Gasteiger partial charge in [-0.25, -0.2) is 4.79 Å². The number of carboxylic acid groups (broad SMARTS) is 1. The molecule has 0 aliphatic rings. The van der Waals surface area contributed by atoms with E-state index in [1.54, 1.807) is 37.3 Å². The van der Waals surface area contributed by atoms with Crippen molar-refractivity contribution in [1.82, 2.24) is 0 Å². The number of amides is 1. The smallest absolute Gasteiger partial charge is 0.335 e. The molecule has 1 atom stereocenters. The zero-order valence-electron chi connectivity index (χ0n) is 11.2. The van der Waals surface area contributed by atoms with Crippen LogP contribution in [0.5, 0.6) is 0 Å². The first-order valence-electron chi connectivity index (χ1n) is 6.15. The van der Waals surface area contributed by atoms with E-state index in [-0.39, 0.29) is 11.8 Å². The van der Waals surface area contributed by atoms with E-state index in [2.05, 4.69) is 0 Å². The minimum absolute atomic E-state index is 0.184. The fourth-order valence-corrected chi connectivity index (χ4v) is 1.49. The molecule has 0 fully saturated rings. The molecular formula is C16H17NO3. The number of hydrogen-bond acceptors (Lipinski definition) is 2. The molecule has 2 aromatic carbocycles. The second kappa shape index (κ2) is 7.74. The van der Waals surface area contributed by atoms with Crippen LogP contribution in [-0.4, -0.2) is 17.0 Å². The Morgan fingerprint density at radius 3 is 1.75 bits per heavy atom. The van der Waals surface area contributed by atoms with Gasteiger partial charge in [-0.15, -0.1) is 0 Å². The number of carbonyl (C=O) groups excluding carboxylic acids is 1. The number of benzene rings is 2. The molecule has 0 saturated carbocycles. The van der Waals surface area contributed by atoms with Gasteiger partial charge in [-0.3, -0.25) is 4.79 Å². The van der Waals surface area contributed by atoms with Crippen molar-refractivity contribution in [2.45, 2.75) is 12.8 Å². The predicted octanol–water partition coefficient (Wildman–Crippen LogP) is 2.66. The molecule has 0 aromatic heterocycles. The Bertz CT molecular complexity index is 552. The molecule has 0 bridgehead atoms. The quantitative estimate of drug-likeness (QED) is 0.900. The Morgan fingerprint density at radius 2 is 1.40 bits per heavy atom. The van der Waals surface area contributed by atoms with Crippen molar-refractivity contribution >= 4 is 11.9 Å². The lowest BCUT2D eigenvalue weighted by molar-refractivity contribution is -0.119. The average molecular weight is 271 g/mol. The lowest BCUT2D eigenvalue weighted by Crippen LogP contribution is -2.18. The molecule has 3 N–H and O–H groups in total. The lowest BCUT2D eigenvalue weighted by atomic mass is 10.0. The monoisotopic (exact) mass is 271 g/mol. The van der Waals surface area contributed by atoms with Crippen LogP contribution in [0, 0.1) is 0 Å². The van der Waals surface area contributed by atoms with Crippen molar-refractivity contribution in [3.8, 4) is 0 Å². The van der Waals surface area contributed by atoms with Crippen molar-refractivity contribution in [1.29, 1.82) is 0 Å². The Morgan fingerprint density at radius 1 is 0.950 bits per heavy atom. The zero-order valence-corrected chi connectivity index (χ0v) is 11.2. The van der Waals surface area contributed by atoms with Gasteiger partial charge in [0.05, 0.1) is 11.5 Å². The van der Waals surface area contributed by atoms with Gasteiger partial charge >= 0.3 is 5.97 Å². The van der Waals surface area contributed by atoms with Crippen LogP contribution < -0.4 is 5.73 Å². The summed E-state index contributed by atoms with van der Waals surface area (Å²) < 4.78 is 0. The first-order chi connectivity index (χ1) is 9.52. The van der Waals surface area contributed by atoms with Gasteiger partial charge in [0.2, 0.25) is 5.91 Å². The number of carboxylic acids is 1. The third kappa shape index (κ3) is 4.94. The third-order valence-corrected chi connectivity index (χ3v) is 2.75. The fourth-order valence-electron chi connectivity index (χ4n) is 1.49. The summed E-state index contributed by atoms with van der Waals surface area (Å²) in [6.07, 6.45) is 0. The largest absolute Gasteiger partial charge is 0.478 e. The van der Waals surface area contributed by atoms with E-state index in [1.165, 1.54) is 0 Å². The van der Waals surface area contributed by atoms with E-state index in [4.69, 9.17) is 10.8 Å². The summed E-state index contributed by atoms with van der Waals surface area (Å²) in [5, 5.41) is 8.38. The van der Waals surface area contributed by atoms with Gasteiger partial charge in [-0.2, -0.15) is 0 Å². The summed E-state index contributed by atoms with van der Waals surface area (Å²) in [7, 11) is 0. The Hall–Kier alpha value is -2.62. The number of aromatic carboxylic acids is 1. The van der Waals surface area contributed by atoms with Crippen molar-refractivity contribution < 1.29 is 14.7 Å². The highest BCUT2D eigenvalue weighted by Gasteiger charge is 2.09. The summed E-state index contributed by atoms with van der Waals surface area (Å²) in [6, 6.07) is 17.8. The Labute approximate surface area is 117 Å². The lowest BCUT2D eigenvalue weighted by Gasteiger charge is -2.05. The van der Waals surface area contributed by atoms with Crippen molar-refractivity contribution in [3.63, 3.8) is 0 Å². The van der Waals surface area contributed by atoms with Gasteiger partial charge in [0.25, 0.3) is 0 Å². The molecule has 2 aromatic rings. The standard InChI is InChI=1S/C9H11NO.C7H6O2/c1-7(9(10)11)8-5-3-2-4-6-8;8-7(9)6-4-2-1-3-5-6/h2-7H,1H3,(H2,10,11);1-5H,(H,8,9). The fraction of sp³-hybridized carbons (Fsp3) is 0.125. The molecule has 104 valence electrons. The van der Waals surface area contributed by atoms with Gasteiger partial charge in [-0.1, -0.05) is 48.5 Å². The molecule has 4 heteroatoms. The zero-order chi connectivity index (χ0) is 15.0. The molecule has 1 amide bonds. The SMILES string of the molecule is CC(C(N)=O)c1ccccc1.O=C(O)c1ccccc1. The van der Waals surface area contributed by atoms with E-state index < -0.39 is 5.97 Å². The van der Waals surface area contributed by atoms with Crippen molar-refractivity contribution in [2.75, 3.05) is 0 Å². The molecule has 1 unspecified atom stereocenters. The topological polar surface area (TPSA) is 80.4 Å². The van der Waals surface area contributed by atoms with Crippen molar-refractivity contribution in [2.24, 2.45) is 5.73 Å². The number of nitrogens with two attached hydrogens (primary N) is 1. The maximum Gasteiger partial charge on any atom is 0.335 e. The number of carbonyl (C=O) groups is 2. The van der Waals surface area contributed by atoms with E-state index in [0.717, 1.165) is 5.56 Å². The molecule has 2 rings (SSSR count). The van der Waals surface area contributed by atoms with E-state index >= 15 is 0 Å². The molecule has 0 saturated heterocycles. The second-order valence-electron chi connectivity index (χ2n) is 4.21. The number of primary amides is 1. The summed E-state index contributed by atoms with van der Waals surface area (Å²) in [6.45, 7) is 1.80. The van der Waals surface area contributed by atoms with E-state index in [9.17, 15) is 9.59 Å². The van der Waals surface area contributed by atoms with Crippen LogP contribution in [0.3, 0.4) is 0 Å². The molecule has 0 radical (unpaired) electrons. The van der Waals surface area contributed by atoms with Gasteiger partial charge in [0, 0.05) is 0 Å². The highest BCUT2D eigenvalue weighted by Crippen LogP contribution is 2.12. The summed E-state index contributed by atoms with van der Waals surface area (Å²) in [5.74, 6) is -1.34. The predicted molar refractivity (Wildman–Crippen MR) is 77.5 cm³/mol. The number of rotatable bonds is 3. The molecule has 0 heterocycles. The maximum absolute atomic E-state index is 10.7. The number of hydrogen-bond donors (Lipinski definition) is 2. The van der Waals surface area contributed by atoms with Gasteiger partial charge in [0.1, 0.15) is 0 Å². The second-order valence-corrected chi connectivity index (χ2v) is 4.21. The molecule has 0 aliphatic carbocycles. The molecule has 0 aliphatic heterocycles. The average Bonchev–Trinajstić information content (AvgIpc) is 2.49. The molecule has 4 nitrogen and oxygen atoms in total. The van der Waals surface area contributed by atoms with Gasteiger partial charge in [0.15, 0.2) is 0 Å². The van der Waals surface area contributed by atoms with Crippen LogP contribution in [0.2, 0.25) is 0 Å². The minimum atomic E-state index is -0.879. The van der Waals surface area contributed by atoms with Crippen LogP contribution in [0.25, 0.3) is 0 Å². The Balaban J connectivity index is 0.000000204. The van der Waals surface area contributed by atoms with Crippen LogP contribution in [0.1, 0.15) is 28.8 Å². The van der Waals surface area contributed by atoms with Gasteiger partial charge < -0.3 is 10.8 Å². The molecule has 0 spiro atoms. The Kier molecular flexibility index (Phi) is 5.97. The first-order valence-corrected chi connectivity index (χ1v) is 6.15. The van der Waals surface area contributed by atoms with E-state index in [1.807, 2.05) is 30.3 Å². The highest BCUT2D eigenvalue weighted by molar-refractivity contribution is 5.87. The normalized spacial score (nSPS) is 10.8. The molecule has 20 heavy (non-hydrogen) atoms. The summed E-state index contributed by atoms with van der Waals surface area (Å²) >= 11 is 0. The van der Waals surface area contributed by atoms with Crippen LogP contribution in [0.15, 0.2) is 60.7 Å². The van der Waals surface area contributed by atoms with Crippen LogP contribution in [0.4, 0.5) is 0 Å². The van der Waals surface area contributed by atoms with Crippen LogP contribution >= 0.6 is 0 Å². The highest BCUT2D eigenvalue weighted by atomic mass is 16.4. The maximum atomic E-state index is 10.7. The minimum Gasteiger partial charge on any atom is -0.478 e. The summed E-state index contributed by atoms with van der Waals surface area (Å²) in [4.78, 5) is 20.9. The van der Waals surface area contributed by atoms with E-state index in [0.29, 0.717) is 5.56 Å². The summed E-state index contributed by atoms with van der Waals surface area (Å²) in [5.41, 5.74) is 6.43. The molecular weight excluding hydrogens is 254 g/mol. The third-order valence-electron chi connectivity index (χ3n) is 2.75. The first kappa shape index (κ1) is 15.4. The van der Waals surface area contributed by atoms with Crippen molar-refractivity contribution in [3.05, 3.63) is 71.8 Å². The van der Waals surface area contributed by atoms with Crippen LogP contribution in [-0.2, 0) is 4.79 Å². The van der Waals surface area contributed by atoms with Gasteiger partial charge in [-0.05, 0) is 24.6 Å².